The Hall–Kier alpha value is -1.60. The third kappa shape index (κ3) is 3.94. The Labute approximate surface area is 118 Å². The molecule has 20 heavy (non-hydrogen) atoms. The van der Waals surface area contributed by atoms with Gasteiger partial charge in [0.2, 0.25) is 0 Å². The zero-order chi connectivity index (χ0) is 14.5. The molecule has 1 heterocycles. The SMILES string of the molecule is O=C(CS(=O)CC1CCCO1)c1ccc([N+](=O)[O-])cc1. The number of rotatable bonds is 6. The highest BCUT2D eigenvalue weighted by molar-refractivity contribution is 7.85. The van der Waals surface area contributed by atoms with Gasteiger partial charge in [0.05, 0.1) is 22.5 Å². The summed E-state index contributed by atoms with van der Waals surface area (Å²) < 4.78 is 17.2. The zero-order valence-electron chi connectivity index (χ0n) is 10.8. The first-order valence-electron chi connectivity index (χ1n) is 6.30. The fraction of sp³-hybridized carbons (Fsp3) is 0.462. The van der Waals surface area contributed by atoms with Gasteiger partial charge in [-0.25, -0.2) is 0 Å². The van der Waals surface area contributed by atoms with Crippen LogP contribution in [0.4, 0.5) is 5.69 Å². The quantitative estimate of drug-likeness (QED) is 0.453. The number of nitro groups is 1. The van der Waals surface area contributed by atoms with Crippen LogP contribution in [0.5, 0.6) is 0 Å². The van der Waals surface area contributed by atoms with E-state index in [2.05, 4.69) is 0 Å². The predicted octanol–water partition coefficient (Wildman–Crippen LogP) is 1.71. The molecule has 1 aliphatic heterocycles. The lowest BCUT2D eigenvalue weighted by atomic mass is 10.1. The van der Waals surface area contributed by atoms with Crippen LogP contribution in [0.3, 0.4) is 0 Å². The van der Waals surface area contributed by atoms with Gasteiger partial charge in [-0.3, -0.25) is 19.1 Å². The summed E-state index contributed by atoms with van der Waals surface area (Å²) in [7, 11) is -1.26. The van der Waals surface area contributed by atoms with Gasteiger partial charge >= 0.3 is 0 Å². The number of carbonyl (C=O) groups is 1. The largest absolute Gasteiger partial charge is 0.377 e. The van der Waals surface area contributed by atoms with Crippen molar-refractivity contribution in [3.8, 4) is 0 Å². The van der Waals surface area contributed by atoms with Crippen molar-refractivity contribution in [1.29, 1.82) is 0 Å². The Kier molecular flexibility index (Phi) is 4.97. The first kappa shape index (κ1) is 14.8. The van der Waals surface area contributed by atoms with Crippen LogP contribution in [0.15, 0.2) is 24.3 Å². The third-order valence-electron chi connectivity index (χ3n) is 3.09. The average Bonchev–Trinajstić information content (AvgIpc) is 2.91. The molecule has 1 fully saturated rings. The van der Waals surface area contributed by atoms with Gasteiger partial charge in [0.1, 0.15) is 0 Å². The summed E-state index contributed by atoms with van der Waals surface area (Å²) in [6, 6.07) is 5.33. The number of ether oxygens (including phenoxy) is 1. The molecule has 7 heteroatoms. The van der Waals surface area contributed by atoms with E-state index in [1.54, 1.807) is 0 Å². The maximum atomic E-state index is 11.9. The maximum Gasteiger partial charge on any atom is 0.269 e. The lowest BCUT2D eigenvalue weighted by Gasteiger charge is -2.08. The molecule has 0 radical (unpaired) electrons. The van der Waals surface area contributed by atoms with Crippen molar-refractivity contribution in [2.24, 2.45) is 0 Å². The van der Waals surface area contributed by atoms with Gasteiger partial charge in [0.15, 0.2) is 5.78 Å². The lowest BCUT2D eigenvalue weighted by molar-refractivity contribution is -0.384. The second kappa shape index (κ2) is 6.71. The highest BCUT2D eigenvalue weighted by Crippen LogP contribution is 2.15. The average molecular weight is 297 g/mol. The maximum absolute atomic E-state index is 11.9. The van der Waals surface area contributed by atoms with Crippen molar-refractivity contribution in [2.75, 3.05) is 18.1 Å². The number of benzene rings is 1. The molecule has 0 N–H and O–H groups in total. The fourth-order valence-corrected chi connectivity index (χ4v) is 3.30. The summed E-state index contributed by atoms with van der Waals surface area (Å²) >= 11 is 0. The minimum atomic E-state index is -1.26. The van der Waals surface area contributed by atoms with E-state index in [9.17, 15) is 19.1 Å². The van der Waals surface area contributed by atoms with Crippen LogP contribution in [0.1, 0.15) is 23.2 Å². The number of carbonyl (C=O) groups excluding carboxylic acids is 1. The Morgan fingerprint density at radius 1 is 1.40 bits per heavy atom. The second-order valence-corrected chi connectivity index (χ2v) is 6.11. The highest BCUT2D eigenvalue weighted by atomic mass is 32.2. The molecule has 1 aliphatic rings. The zero-order valence-corrected chi connectivity index (χ0v) is 11.6. The monoisotopic (exact) mass is 297 g/mol. The second-order valence-electron chi connectivity index (χ2n) is 4.61. The number of non-ortho nitro benzene ring substituents is 1. The highest BCUT2D eigenvalue weighted by Gasteiger charge is 2.20. The van der Waals surface area contributed by atoms with Crippen LogP contribution in [0.2, 0.25) is 0 Å². The van der Waals surface area contributed by atoms with Crippen molar-refractivity contribution in [1.82, 2.24) is 0 Å². The molecule has 0 aliphatic carbocycles. The summed E-state index contributed by atoms with van der Waals surface area (Å²) in [6.07, 6.45) is 1.84. The number of nitro benzene ring substituents is 1. The minimum Gasteiger partial charge on any atom is -0.377 e. The predicted molar refractivity (Wildman–Crippen MR) is 74.3 cm³/mol. The molecule has 1 saturated heterocycles. The molecule has 1 aromatic carbocycles. The molecule has 1 aromatic rings. The molecule has 0 spiro atoms. The van der Waals surface area contributed by atoms with E-state index in [4.69, 9.17) is 4.74 Å². The van der Waals surface area contributed by atoms with E-state index in [1.807, 2.05) is 0 Å². The summed E-state index contributed by atoms with van der Waals surface area (Å²) in [5, 5.41) is 10.5. The van der Waals surface area contributed by atoms with Crippen LogP contribution in [0.25, 0.3) is 0 Å². The molecule has 2 rings (SSSR count). The van der Waals surface area contributed by atoms with E-state index in [-0.39, 0.29) is 23.3 Å². The summed E-state index contributed by atoms with van der Waals surface area (Å²) in [5.41, 5.74) is 0.276. The Morgan fingerprint density at radius 2 is 2.10 bits per heavy atom. The Bertz CT molecular complexity index is 522. The van der Waals surface area contributed by atoms with E-state index in [1.165, 1.54) is 24.3 Å². The van der Waals surface area contributed by atoms with Gasteiger partial charge in [0.25, 0.3) is 5.69 Å². The third-order valence-corrected chi connectivity index (χ3v) is 4.42. The fourth-order valence-electron chi connectivity index (χ4n) is 2.04. The molecule has 0 amide bonds. The van der Waals surface area contributed by atoms with Crippen molar-refractivity contribution in [3.63, 3.8) is 0 Å². The van der Waals surface area contributed by atoms with E-state index < -0.39 is 15.7 Å². The summed E-state index contributed by atoms with van der Waals surface area (Å²) in [5.74, 6) is 0.0346. The smallest absolute Gasteiger partial charge is 0.269 e. The minimum absolute atomic E-state index is 0.0134. The van der Waals surface area contributed by atoms with Crippen LogP contribution < -0.4 is 0 Å². The van der Waals surface area contributed by atoms with Crippen molar-refractivity contribution >= 4 is 22.3 Å². The first-order chi connectivity index (χ1) is 9.56. The van der Waals surface area contributed by atoms with Crippen LogP contribution in [-0.4, -0.2) is 39.1 Å². The van der Waals surface area contributed by atoms with E-state index in [0.717, 1.165) is 12.8 Å². The molecule has 0 aromatic heterocycles. The molecule has 0 bridgehead atoms. The van der Waals surface area contributed by atoms with Crippen molar-refractivity contribution in [3.05, 3.63) is 39.9 Å². The lowest BCUT2D eigenvalue weighted by Crippen LogP contribution is -2.21. The van der Waals surface area contributed by atoms with E-state index >= 15 is 0 Å². The number of hydrogen-bond donors (Lipinski definition) is 0. The summed E-state index contributed by atoms with van der Waals surface area (Å²) in [6.45, 7) is 0.693. The van der Waals surface area contributed by atoms with Gasteiger partial charge in [-0.05, 0) is 25.0 Å². The number of ketones is 1. The van der Waals surface area contributed by atoms with Gasteiger partial charge in [0, 0.05) is 35.1 Å². The molecule has 6 nitrogen and oxygen atoms in total. The number of hydrogen-bond acceptors (Lipinski definition) is 5. The number of Topliss-reactive ketones (excluding diaryl/α,β-unsaturated/α-hetero) is 1. The van der Waals surface area contributed by atoms with Crippen molar-refractivity contribution in [2.45, 2.75) is 18.9 Å². The molecule has 0 saturated carbocycles. The molecule has 108 valence electrons. The Morgan fingerprint density at radius 3 is 2.65 bits per heavy atom. The van der Waals surface area contributed by atoms with Gasteiger partial charge in [-0.15, -0.1) is 0 Å². The topological polar surface area (TPSA) is 86.5 Å². The summed E-state index contributed by atoms with van der Waals surface area (Å²) in [4.78, 5) is 21.9. The van der Waals surface area contributed by atoms with Crippen LogP contribution in [0, 0.1) is 10.1 Å². The van der Waals surface area contributed by atoms with E-state index in [0.29, 0.717) is 17.9 Å². The van der Waals surface area contributed by atoms with Crippen LogP contribution in [-0.2, 0) is 15.5 Å². The molecular formula is C13H15NO5S. The normalized spacial score (nSPS) is 19.7. The van der Waals surface area contributed by atoms with Gasteiger partial charge in [-0.2, -0.15) is 0 Å². The van der Waals surface area contributed by atoms with Crippen molar-refractivity contribution < 1.29 is 18.7 Å². The molecule has 2 atom stereocenters. The Balaban J connectivity index is 1.90. The molecule has 2 unspecified atom stereocenters. The molecular weight excluding hydrogens is 282 g/mol. The van der Waals surface area contributed by atoms with Gasteiger partial charge in [-0.1, -0.05) is 0 Å². The van der Waals surface area contributed by atoms with Crippen LogP contribution >= 0.6 is 0 Å². The van der Waals surface area contributed by atoms with Gasteiger partial charge < -0.3 is 4.74 Å². The number of nitrogens with zero attached hydrogens (tertiary/aromatic N) is 1. The first-order valence-corrected chi connectivity index (χ1v) is 7.79. The standard InChI is InChI=1S/C13H15NO5S/c15-13(9-20(18)8-12-2-1-7-19-12)10-3-5-11(6-4-10)14(16)17/h3-6,12H,1-2,7-9H2.